The summed E-state index contributed by atoms with van der Waals surface area (Å²) in [5, 5.41) is 12.7. The molecule has 2 nitrogen and oxygen atoms in total. The van der Waals surface area contributed by atoms with Crippen LogP contribution in [0.5, 0.6) is 0 Å². The van der Waals surface area contributed by atoms with Crippen LogP contribution >= 0.6 is 0 Å². The summed E-state index contributed by atoms with van der Waals surface area (Å²) in [5.41, 5.74) is -0.577. The third-order valence-electron chi connectivity index (χ3n) is 2.15. The van der Waals surface area contributed by atoms with Gasteiger partial charge in [0.2, 0.25) is 0 Å². The van der Waals surface area contributed by atoms with Gasteiger partial charge in [0, 0.05) is 6.54 Å². The first-order chi connectivity index (χ1) is 5.49. The maximum atomic E-state index is 9.41. The Morgan fingerprint density at radius 1 is 1.25 bits per heavy atom. The zero-order chi connectivity index (χ0) is 9.61. The van der Waals surface area contributed by atoms with Crippen molar-refractivity contribution in [2.75, 3.05) is 13.1 Å². The Balaban J connectivity index is 3.41. The molecule has 0 amide bonds. The van der Waals surface area contributed by atoms with E-state index in [-0.39, 0.29) is 0 Å². The Hall–Kier alpha value is -0.0800. The van der Waals surface area contributed by atoms with Gasteiger partial charge in [-0.3, -0.25) is 0 Å². The Kier molecular flexibility index (Phi) is 5.51. The van der Waals surface area contributed by atoms with E-state index in [4.69, 9.17) is 0 Å². The van der Waals surface area contributed by atoms with Crippen LogP contribution in [0.1, 0.15) is 40.5 Å². The summed E-state index contributed by atoms with van der Waals surface area (Å²) in [7, 11) is 0. The van der Waals surface area contributed by atoms with Crippen molar-refractivity contribution in [1.82, 2.24) is 5.32 Å². The fraction of sp³-hybridized carbons (Fsp3) is 1.00. The van der Waals surface area contributed by atoms with Gasteiger partial charge in [0.15, 0.2) is 0 Å². The summed E-state index contributed by atoms with van der Waals surface area (Å²) in [6.45, 7) is 9.78. The fourth-order valence-corrected chi connectivity index (χ4v) is 1.16. The molecule has 0 aliphatic heterocycles. The predicted molar refractivity (Wildman–Crippen MR) is 53.2 cm³/mol. The lowest BCUT2D eigenvalue weighted by atomic mass is 10.0. The second-order valence-corrected chi connectivity index (χ2v) is 4.13. The summed E-state index contributed by atoms with van der Waals surface area (Å²) in [5.74, 6) is 0.757. The van der Waals surface area contributed by atoms with Crippen LogP contribution in [0.2, 0.25) is 0 Å². The quantitative estimate of drug-likeness (QED) is 0.642. The first-order valence-corrected chi connectivity index (χ1v) is 4.92. The van der Waals surface area contributed by atoms with E-state index in [0.717, 1.165) is 12.5 Å². The van der Waals surface area contributed by atoms with Crippen LogP contribution < -0.4 is 5.32 Å². The second kappa shape index (κ2) is 5.55. The highest BCUT2D eigenvalue weighted by Crippen LogP contribution is 2.06. The van der Waals surface area contributed by atoms with Crippen molar-refractivity contribution in [1.29, 1.82) is 0 Å². The average Bonchev–Trinajstić information content (AvgIpc) is 1.96. The van der Waals surface area contributed by atoms with Crippen LogP contribution in [0.15, 0.2) is 0 Å². The molecule has 0 rings (SSSR count). The van der Waals surface area contributed by atoms with Crippen molar-refractivity contribution >= 4 is 0 Å². The van der Waals surface area contributed by atoms with Crippen molar-refractivity contribution in [3.05, 3.63) is 0 Å². The molecular weight excluding hydrogens is 150 g/mol. The van der Waals surface area contributed by atoms with Crippen molar-refractivity contribution in [2.24, 2.45) is 5.92 Å². The van der Waals surface area contributed by atoms with E-state index in [9.17, 15) is 5.11 Å². The molecule has 0 spiro atoms. The van der Waals surface area contributed by atoms with Crippen LogP contribution in [0.25, 0.3) is 0 Å². The summed E-state index contributed by atoms with van der Waals surface area (Å²) >= 11 is 0. The molecule has 0 fully saturated rings. The van der Waals surface area contributed by atoms with Crippen LogP contribution in [0.3, 0.4) is 0 Å². The molecule has 0 aromatic rings. The van der Waals surface area contributed by atoms with Gasteiger partial charge in [0.25, 0.3) is 0 Å². The molecule has 2 heteroatoms. The van der Waals surface area contributed by atoms with E-state index in [1.165, 1.54) is 12.8 Å². The smallest absolute Gasteiger partial charge is 0.0715 e. The van der Waals surface area contributed by atoms with Gasteiger partial charge < -0.3 is 10.4 Å². The van der Waals surface area contributed by atoms with Crippen molar-refractivity contribution in [3.8, 4) is 0 Å². The average molecular weight is 173 g/mol. The fourth-order valence-electron chi connectivity index (χ4n) is 1.16. The topological polar surface area (TPSA) is 32.3 Å². The Morgan fingerprint density at radius 3 is 2.08 bits per heavy atom. The van der Waals surface area contributed by atoms with Gasteiger partial charge in [-0.25, -0.2) is 0 Å². The molecule has 0 bridgehead atoms. The highest BCUT2D eigenvalue weighted by atomic mass is 16.3. The molecule has 0 radical (unpaired) electrons. The molecule has 74 valence electrons. The molecule has 0 atom stereocenters. The van der Waals surface area contributed by atoms with E-state index >= 15 is 0 Å². The van der Waals surface area contributed by atoms with Crippen molar-refractivity contribution < 1.29 is 5.11 Å². The largest absolute Gasteiger partial charge is 0.389 e. The summed E-state index contributed by atoms with van der Waals surface area (Å²) < 4.78 is 0. The summed E-state index contributed by atoms with van der Waals surface area (Å²) in [4.78, 5) is 0. The van der Waals surface area contributed by atoms with Gasteiger partial charge >= 0.3 is 0 Å². The molecule has 0 saturated heterocycles. The minimum atomic E-state index is -0.577. The number of nitrogens with one attached hydrogen (secondary N) is 1. The molecular formula is C10H23NO. The van der Waals surface area contributed by atoms with Crippen LogP contribution in [-0.4, -0.2) is 23.8 Å². The minimum absolute atomic E-state index is 0.577. The zero-order valence-corrected chi connectivity index (χ0v) is 8.85. The van der Waals surface area contributed by atoms with E-state index in [0.29, 0.717) is 6.54 Å². The lowest BCUT2D eigenvalue weighted by Gasteiger charge is -2.20. The van der Waals surface area contributed by atoms with Crippen LogP contribution in [0, 0.1) is 5.92 Å². The molecule has 2 N–H and O–H groups in total. The highest BCUT2D eigenvalue weighted by Gasteiger charge is 2.12. The third-order valence-corrected chi connectivity index (χ3v) is 2.15. The first-order valence-electron chi connectivity index (χ1n) is 4.92. The number of aliphatic hydroxyl groups is 1. The SMILES string of the molecule is CCC(CC)CNCC(C)(C)O. The van der Waals surface area contributed by atoms with E-state index in [2.05, 4.69) is 19.2 Å². The lowest BCUT2D eigenvalue weighted by Crippen LogP contribution is -2.36. The molecule has 0 saturated carbocycles. The van der Waals surface area contributed by atoms with Gasteiger partial charge in [-0.05, 0) is 26.3 Å². The van der Waals surface area contributed by atoms with Gasteiger partial charge in [0.05, 0.1) is 5.60 Å². The van der Waals surface area contributed by atoms with Crippen molar-refractivity contribution in [2.45, 2.75) is 46.1 Å². The van der Waals surface area contributed by atoms with Crippen molar-refractivity contribution in [3.63, 3.8) is 0 Å². The van der Waals surface area contributed by atoms with Gasteiger partial charge in [-0.2, -0.15) is 0 Å². The monoisotopic (exact) mass is 173 g/mol. The Labute approximate surface area is 76.4 Å². The first kappa shape index (κ1) is 11.9. The Bertz CT molecular complexity index is 103. The number of hydrogen-bond acceptors (Lipinski definition) is 2. The Morgan fingerprint density at radius 2 is 1.75 bits per heavy atom. The van der Waals surface area contributed by atoms with Gasteiger partial charge in [0.1, 0.15) is 0 Å². The lowest BCUT2D eigenvalue weighted by molar-refractivity contribution is 0.0786. The maximum Gasteiger partial charge on any atom is 0.0715 e. The zero-order valence-electron chi connectivity index (χ0n) is 8.85. The molecule has 0 aliphatic rings. The van der Waals surface area contributed by atoms with Gasteiger partial charge in [-0.15, -0.1) is 0 Å². The van der Waals surface area contributed by atoms with Crippen LogP contribution in [0.4, 0.5) is 0 Å². The van der Waals surface area contributed by atoms with E-state index in [1.807, 2.05) is 13.8 Å². The molecule has 0 aromatic heterocycles. The molecule has 0 aromatic carbocycles. The molecule has 0 unspecified atom stereocenters. The second-order valence-electron chi connectivity index (χ2n) is 4.13. The van der Waals surface area contributed by atoms with E-state index in [1.54, 1.807) is 0 Å². The number of rotatable bonds is 6. The molecule has 0 aliphatic carbocycles. The highest BCUT2D eigenvalue weighted by molar-refractivity contribution is 4.69. The molecule has 12 heavy (non-hydrogen) atoms. The maximum absolute atomic E-state index is 9.41. The number of hydrogen-bond donors (Lipinski definition) is 2. The third kappa shape index (κ3) is 6.62. The van der Waals surface area contributed by atoms with E-state index < -0.39 is 5.60 Å². The van der Waals surface area contributed by atoms with Gasteiger partial charge in [-0.1, -0.05) is 26.7 Å². The minimum Gasteiger partial charge on any atom is -0.389 e. The normalized spacial score (nSPS) is 12.5. The predicted octanol–water partition coefficient (Wildman–Crippen LogP) is 1.78. The van der Waals surface area contributed by atoms with Crippen LogP contribution in [-0.2, 0) is 0 Å². The summed E-state index contributed by atoms with van der Waals surface area (Å²) in [6, 6.07) is 0. The molecule has 0 heterocycles. The summed E-state index contributed by atoms with van der Waals surface area (Å²) in [6.07, 6.45) is 2.44. The standard InChI is InChI=1S/C10H23NO/c1-5-9(6-2)7-11-8-10(3,4)12/h9,11-12H,5-8H2,1-4H3.